The normalized spacial score (nSPS) is 10.3. The number of rotatable bonds is 3. The molecule has 0 amide bonds. The molecule has 2 N–H and O–H groups in total. The molecule has 0 saturated carbocycles. The molecule has 4 heteroatoms. The molecule has 0 bridgehead atoms. The van der Waals surface area contributed by atoms with Crippen LogP contribution in [0, 0.1) is 0 Å². The van der Waals surface area contributed by atoms with E-state index >= 15 is 0 Å². The van der Waals surface area contributed by atoms with E-state index in [2.05, 4.69) is 31.9 Å². The highest BCUT2D eigenvalue weighted by Gasteiger charge is 2.02. The first-order valence-corrected chi connectivity index (χ1v) is 6.69. The van der Waals surface area contributed by atoms with Crippen molar-refractivity contribution in [2.45, 2.75) is 6.54 Å². The summed E-state index contributed by atoms with van der Waals surface area (Å²) in [5, 5.41) is 0. The molecule has 0 atom stereocenters. The minimum Gasteiger partial charge on any atom is -0.457 e. The number of benzene rings is 2. The van der Waals surface area contributed by atoms with Gasteiger partial charge < -0.3 is 10.5 Å². The first-order valence-electron chi connectivity index (χ1n) is 5.11. The summed E-state index contributed by atoms with van der Waals surface area (Å²) in [6.45, 7) is 0.512. The second-order valence-electron chi connectivity index (χ2n) is 3.52. The monoisotopic (exact) mass is 355 g/mol. The second-order valence-corrected chi connectivity index (χ2v) is 5.29. The fourth-order valence-electron chi connectivity index (χ4n) is 1.42. The first kappa shape index (κ1) is 12.6. The van der Waals surface area contributed by atoms with Crippen LogP contribution in [0.1, 0.15) is 5.56 Å². The zero-order chi connectivity index (χ0) is 12.3. The van der Waals surface area contributed by atoms with Crippen LogP contribution in [0.25, 0.3) is 0 Å². The van der Waals surface area contributed by atoms with Crippen LogP contribution in [0.5, 0.6) is 11.5 Å². The van der Waals surface area contributed by atoms with Crippen LogP contribution in [-0.4, -0.2) is 0 Å². The Balaban J connectivity index is 2.22. The van der Waals surface area contributed by atoms with E-state index in [1.54, 1.807) is 0 Å². The van der Waals surface area contributed by atoms with Gasteiger partial charge in [0.2, 0.25) is 0 Å². The Morgan fingerprint density at radius 1 is 1.00 bits per heavy atom. The highest BCUT2D eigenvalue weighted by molar-refractivity contribution is 9.10. The Morgan fingerprint density at radius 2 is 1.76 bits per heavy atom. The summed E-state index contributed by atoms with van der Waals surface area (Å²) in [6.07, 6.45) is 0. The van der Waals surface area contributed by atoms with Crippen LogP contribution in [0.4, 0.5) is 0 Å². The Kier molecular flexibility index (Phi) is 4.20. The lowest BCUT2D eigenvalue weighted by molar-refractivity contribution is 0.482. The van der Waals surface area contributed by atoms with Crippen molar-refractivity contribution in [1.29, 1.82) is 0 Å². The molecule has 0 aliphatic heterocycles. The predicted molar refractivity (Wildman–Crippen MR) is 76.2 cm³/mol. The lowest BCUT2D eigenvalue weighted by Crippen LogP contribution is -1.97. The molecule has 0 aliphatic rings. The van der Waals surface area contributed by atoms with E-state index in [0.29, 0.717) is 6.54 Å². The van der Waals surface area contributed by atoms with E-state index in [9.17, 15) is 0 Å². The van der Waals surface area contributed by atoms with Crippen LogP contribution in [0.3, 0.4) is 0 Å². The Morgan fingerprint density at radius 3 is 2.41 bits per heavy atom. The summed E-state index contributed by atoms with van der Waals surface area (Å²) in [6, 6.07) is 13.5. The second kappa shape index (κ2) is 5.67. The zero-order valence-electron chi connectivity index (χ0n) is 8.99. The van der Waals surface area contributed by atoms with E-state index in [4.69, 9.17) is 10.5 Å². The molecule has 0 saturated heterocycles. The van der Waals surface area contributed by atoms with Crippen molar-refractivity contribution in [2.75, 3.05) is 0 Å². The molecule has 2 nitrogen and oxygen atoms in total. The van der Waals surface area contributed by atoms with Gasteiger partial charge in [-0.3, -0.25) is 0 Å². The summed E-state index contributed by atoms with van der Waals surface area (Å²) in [7, 11) is 0. The van der Waals surface area contributed by atoms with Crippen LogP contribution in [-0.2, 0) is 6.54 Å². The van der Waals surface area contributed by atoms with Gasteiger partial charge in [-0.25, -0.2) is 0 Å². The van der Waals surface area contributed by atoms with E-state index in [1.165, 1.54) is 0 Å². The van der Waals surface area contributed by atoms with Gasteiger partial charge in [-0.1, -0.05) is 44.0 Å². The maximum Gasteiger partial charge on any atom is 0.128 e. The fraction of sp³-hybridized carbons (Fsp3) is 0.0769. The molecule has 0 fully saturated rings. The minimum absolute atomic E-state index is 0.512. The summed E-state index contributed by atoms with van der Waals surface area (Å²) in [5.41, 5.74) is 6.66. The number of ether oxygens (including phenoxy) is 1. The molecule has 17 heavy (non-hydrogen) atoms. The molecule has 2 aromatic rings. The molecule has 0 aromatic heterocycles. The standard InChI is InChI=1S/C13H11Br2NO/c14-10-2-1-3-11(6-10)17-12-5-4-9(8-16)13(15)7-12/h1-7H,8,16H2. The topological polar surface area (TPSA) is 35.2 Å². The molecular formula is C13H11Br2NO. The number of hydrogen-bond acceptors (Lipinski definition) is 2. The summed E-state index contributed by atoms with van der Waals surface area (Å²) in [5.74, 6) is 1.58. The van der Waals surface area contributed by atoms with Crippen molar-refractivity contribution in [3.8, 4) is 11.5 Å². The van der Waals surface area contributed by atoms with Crippen molar-refractivity contribution < 1.29 is 4.74 Å². The van der Waals surface area contributed by atoms with Crippen LogP contribution in [0.2, 0.25) is 0 Å². The predicted octanol–water partition coefficient (Wildman–Crippen LogP) is 4.46. The van der Waals surface area contributed by atoms with Gasteiger partial charge in [0, 0.05) is 15.5 Å². The van der Waals surface area contributed by atoms with Crippen LogP contribution >= 0.6 is 31.9 Å². The number of nitrogens with two attached hydrogens (primary N) is 1. The first-order chi connectivity index (χ1) is 8.19. The summed E-state index contributed by atoms with van der Waals surface area (Å²) < 4.78 is 7.70. The molecule has 0 aliphatic carbocycles. The van der Waals surface area contributed by atoms with Gasteiger partial charge in [-0.05, 0) is 35.9 Å². The van der Waals surface area contributed by atoms with E-state index in [-0.39, 0.29) is 0 Å². The van der Waals surface area contributed by atoms with Gasteiger partial charge in [0.05, 0.1) is 0 Å². The SMILES string of the molecule is NCc1ccc(Oc2cccc(Br)c2)cc1Br. The van der Waals surface area contributed by atoms with E-state index < -0.39 is 0 Å². The molecule has 0 spiro atoms. The van der Waals surface area contributed by atoms with Crippen molar-refractivity contribution in [3.05, 3.63) is 57.0 Å². The third kappa shape index (κ3) is 3.31. The van der Waals surface area contributed by atoms with E-state index in [1.807, 2.05) is 42.5 Å². The molecule has 2 rings (SSSR count). The zero-order valence-corrected chi connectivity index (χ0v) is 12.2. The smallest absolute Gasteiger partial charge is 0.128 e. The minimum atomic E-state index is 0.512. The van der Waals surface area contributed by atoms with Crippen molar-refractivity contribution in [2.24, 2.45) is 5.73 Å². The van der Waals surface area contributed by atoms with Gasteiger partial charge in [-0.2, -0.15) is 0 Å². The fourth-order valence-corrected chi connectivity index (χ4v) is 2.32. The number of hydrogen-bond donors (Lipinski definition) is 1. The van der Waals surface area contributed by atoms with Gasteiger partial charge in [0.1, 0.15) is 11.5 Å². The highest BCUT2D eigenvalue weighted by atomic mass is 79.9. The van der Waals surface area contributed by atoms with Gasteiger partial charge in [0.15, 0.2) is 0 Å². The number of halogens is 2. The molecule has 88 valence electrons. The Bertz CT molecular complexity index is 529. The third-order valence-electron chi connectivity index (χ3n) is 2.28. The van der Waals surface area contributed by atoms with Crippen LogP contribution in [0.15, 0.2) is 51.4 Å². The van der Waals surface area contributed by atoms with Crippen molar-refractivity contribution in [1.82, 2.24) is 0 Å². The summed E-state index contributed by atoms with van der Waals surface area (Å²) >= 11 is 6.87. The van der Waals surface area contributed by atoms with Crippen LogP contribution < -0.4 is 10.5 Å². The lowest BCUT2D eigenvalue weighted by atomic mass is 10.2. The van der Waals surface area contributed by atoms with E-state index in [0.717, 1.165) is 26.0 Å². The third-order valence-corrected chi connectivity index (χ3v) is 3.51. The molecule has 2 aromatic carbocycles. The molecule has 0 radical (unpaired) electrons. The lowest BCUT2D eigenvalue weighted by Gasteiger charge is -2.08. The molecule has 0 heterocycles. The van der Waals surface area contributed by atoms with Gasteiger partial charge in [0.25, 0.3) is 0 Å². The van der Waals surface area contributed by atoms with Gasteiger partial charge >= 0.3 is 0 Å². The summed E-state index contributed by atoms with van der Waals surface area (Å²) in [4.78, 5) is 0. The van der Waals surface area contributed by atoms with Gasteiger partial charge in [-0.15, -0.1) is 0 Å². The van der Waals surface area contributed by atoms with Crippen molar-refractivity contribution >= 4 is 31.9 Å². The average molecular weight is 357 g/mol. The molecular weight excluding hydrogens is 346 g/mol. The quantitative estimate of drug-likeness (QED) is 0.880. The molecule has 0 unspecified atom stereocenters. The van der Waals surface area contributed by atoms with Crippen molar-refractivity contribution in [3.63, 3.8) is 0 Å². The highest BCUT2D eigenvalue weighted by Crippen LogP contribution is 2.28. The Labute approximate surface area is 117 Å². The Hall–Kier alpha value is -0.840. The maximum absolute atomic E-state index is 5.74. The largest absolute Gasteiger partial charge is 0.457 e. The maximum atomic E-state index is 5.74. The average Bonchev–Trinajstić information content (AvgIpc) is 2.29.